The van der Waals surface area contributed by atoms with Crippen LogP contribution in [0.5, 0.6) is 0 Å². The SMILES string of the molecule is NNc1nc(NCCOCC(N)=O)c(Cl)cc1Cl. The highest BCUT2D eigenvalue weighted by Crippen LogP contribution is 2.28. The molecule has 6 N–H and O–H groups in total. The van der Waals surface area contributed by atoms with Crippen molar-refractivity contribution in [2.24, 2.45) is 11.6 Å². The number of nitrogen functional groups attached to an aromatic ring is 1. The molecule has 1 amide bonds. The fraction of sp³-hybridized carbons (Fsp3) is 0.333. The molecule has 0 atom stereocenters. The average Bonchev–Trinajstić information content (AvgIpc) is 2.30. The van der Waals surface area contributed by atoms with Gasteiger partial charge in [-0.3, -0.25) is 4.79 Å². The molecule has 1 rings (SSSR count). The number of primary amides is 1. The lowest BCUT2D eigenvalue weighted by molar-refractivity contribution is -0.122. The van der Waals surface area contributed by atoms with Gasteiger partial charge >= 0.3 is 0 Å². The molecule has 18 heavy (non-hydrogen) atoms. The van der Waals surface area contributed by atoms with Crippen molar-refractivity contribution in [1.82, 2.24) is 4.98 Å². The first-order chi connectivity index (χ1) is 8.54. The Morgan fingerprint density at radius 1 is 1.39 bits per heavy atom. The number of nitrogens with two attached hydrogens (primary N) is 2. The van der Waals surface area contributed by atoms with Crippen LogP contribution >= 0.6 is 23.2 Å². The first-order valence-corrected chi connectivity index (χ1v) is 5.72. The van der Waals surface area contributed by atoms with E-state index in [1.165, 1.54) is 6.07 Å². The van der Waals surface area contributed by atoms with Crippen LogP contribution in [0.2, 0.25) is 10.0 Å². The zero-order chi connectivity index (χ0) is 13.5. The molecule has 0 aliphatic carbocycles. The van der Waals surface area contributed by atoms with E-state index in [2.05, 4.69) is 15.7 Å². The Morgan fingerprint density at radius 3 is 2.67 bits per heavy atom. The van der Waals surface area contributed by atoms with Gasteiger partial charge in [0, 0.05) is 6.54 Å². The lowest BCUT2D eigenvalue weighted by Gasteiger charge is -2.10. The number of anilines is 2. The maximum absolute atomic E-state index is 10.4. The van der Waals surface area contributed by atoms with E-state index in [1.54, 1.807) is 0 Å². The fourth-order valence-electron chi connectivity index (χ4n) is 1.11. The number of carbonyl (C=O) groups is 1. The van der Waals surface area contributed by atoms with Crippen molar-refractivity contribution < 1.29 is 9.53 Å². The second-order valence-corrected chi connectivity index (χ2v) is 4.05. The molecule has 1 aromatic rings. The summed E-state index contributed by atoms with van der Waals surface area (Å²) in [6.07, 6.45) is 0. The third-order valence-corrected chi connectivity index (χ3v) is 2.43. The Kier molecular flexibility index (Phi) is 5.93. The van der Waals surface area contributed by atoms with Crippen molar-refractivity contribution >= 4 is 40.7 Å². The topological polar surface area (TPSA) is 115 Å². The van der Waals surface area contributed by atoms with Gasteiger partial charge in [0.2, 0.25) is 5.91 Å². The van der Waals surface area contributed by atoms with Crippen LogP contribution in [-0.4, -0.2) is 30.6 Å². The van der Waals surface area contributed by atoms with E-state index in [4.69, 9.17) is 39.5 Å². The second kappa shape index (κ2) is 7.22. The summed E-state index contributed by atoms with van der Waals surface area (Å²) >= 11 is 11.8. The Bertz CT molecular complexity index is 430. The van der Waals surface area contributed by atoms with Crippen molar-refractivity contribution in [3.05, 3.63) is 16.1 Å². The van der Waals surface area contributed by atoms with Crippen molar-refractivity contribution in [2.75, 3.05) is 30.5 Å². The standard InChI is InChI=1S/C9H13Cl2N5O2/c10-5-3-6(11)9(16-13)15-8(5)14-1-2-18-4-7(12)17/h3H,1-2,4,13H2,(H2,12,17)(H2,14,15,16). The number of hydrogen-bond acceptors (Lipinski definition) is 6. The van der Waals surface area contributed by atoms with Crippen molar-refractivity contribution in [3.63, 3.8) is 0 Å². The van der Waals surface area contributed by atoms with E-state index in [1.807, 2.05) is 0 Å². The van der Waals surface area contributed by atoms with Gasteiger partial charge < -0.3 is 21.2 Å². The number of rotatable bonds is 7. The van der Waals surface area contributed by atoms with Gasteiger partial charge in [-0.2, -0.15) is 0 Å². The lowest BCUT2D eigenvalue weighted by Crippen LogP contribution is -2.21. The Balaban J connectivity index is 2.49. The summed E-state index contributed by atoms with van der Waals surface area (Å²) in [5.74, 6) is 5.44. The zero-order valence-electron chi connectivity index (χ0n) is 9.37. The molecule has 0 unspecified atom stereocenters. The van der Waals surface area contributed by atoms with Crippen LogP contribution in [-0.2, 0) is 9.53 Å². The average molecular weight is 294 g/mol. The summed E-state index contributed by atoms with van der Waals surface area (Å²) in [6, 6.07) is 1.51. The molecule has 9 heteroatoms. The number of carbonyl (C=O) groups excluding carboxylic acids is 1. The maximum Gasteiger partial charge on any atom is 0.243 e. The third-order valence-electron chi connectivity index (χ3n) is 1.85. The minimum absolute atomic E-state index is 0.126. The summed E-state index contributed by atoms with van der Waals surface area (Å²) in [4.78, 5) is 14.5. The molecule has 1 aromatic heterocycles. The number of amides is 1. The van der Waals surface area contributed by atoms with Crippen LogP contribution in [0.3, 0.4) is 0 Å². The van der Waals surface area contributed by atoms with Crippen LogP contribution in [0.4, 0.5) is 11.6 Å². The van der Waals surface area contributed by atoms with Gasteiger partial charge in [-0.05, 0) is 6.07 Å². The van der Waals surface area contributed by atoms with Gasteiger partial charge in [0.25, 0.3) is 0 Å². The number of hydrazine groups is 1. The van der Waals surface area contributed by atoms with Crippen molar-refractivity contribution in [1.29, 1.82) is 0 Å². The molecular weight excluding hydrogens is 281 g/mol. The van der Waals surface area contributed by atoms with E-state index in [0.717, 1.165) is 0 Å². The first kappa shape index (κ1) is 14.8. The number of nitrogens with zero attached hydrogens (tertiary/aromatic N) is 1. The van der Waals surface area contributed by atoms with Crippen molar-refractivity contribution in [3.8, 4) is 0 Å². The highest BCUT2D eigenvalue weighted by Gasteiger charge is 2.08. The number of halogens is 2. The molecule has 7 nitrogen and oxygen atoms in total. The number of aromatic nitrogens is 1. The summed E-state index contributed by atoms with van der Waals surface area (Å²) in [7, 11) is 0. The molecule has 0 spiro atoms. The van der Waals surface area contributed by atoms with E-state index >= 15 is 0 Å². The smallest absolute Gasteiger partial charge is 0.243 e. The predicted octanol–water partition coefficient (Wildman–Crippen LogP) is 0.588. The summed E-state index contributed by atoms with van der Waals surface area (Å²) in [5.41, 5.74) is 7.26. The minimum Gasteiger partial charge on any atom is -0.370 e. The third kappa shape index (κ3) is 4.53. The number of pyridine rings is 1. The van der Waals surface area contributed by atoms with Gasteiger partial charge in [-0.1, -0.05) is 23.2 Å². The van der Waals surface area contributed by atoms with E-state index < -0.39 is 5.91 Å². The van der Waals surface area contributed by atoms with Gasteiger partial charge in [0.15, 0.2) is 5.82 Å². The van der Waals surface area contributed by atoms with Gasteiger partial charge in [-0.15, -0.1) is 0 Å². The molecule has 0 saturated carbocycles. The highest BCUT2D eigenvalue weighted by atomic mass is 35.5. The molecule has 0 radical (unpaired) electrons. The van der Waals surface area contributed by atoms with E-state index in [-0.39, 0.29) is 13.2 Å². The quantitative estimate of drug-likeness (QED) is 0.332. The maximum atomic E-state index is 10.4. The molecule has 0 aliphatic heterocycles. The number of ether oxygens (including phenoxy) is 1. The largest absolute Gasteiger partial charge is 0.370 e. The molecular formula is C9H13Cl2N5O2. The monoisotopic (exact) mass is 293 g/mol. The normalized spacial score (nSPS) is 10.2. The van der Waals surface area contributed by atoms with Crippen molar-refractivity contribution in [2.45, 2.75) is 0 Å². The summed E-state index contributed by atoms with van der Waals surface area (Å²) in [6.45, 7) is 0.569. The van der Waals surface area contributed by atoms with E-state index in [9.17, 15) is 4.79 Å². The molecule has 0 bridgehead atoms. The van der Waals surface area contributed by atoms with Crippen LogP contribution in [0, 0.1) is 0 Å². The molecule has 1 heterocycles. The van der Waals surface area contributed by atoms with Crippen LogP contribution in [0.15, 0.2) is 6.07 Å². The molecule has 0 saturated heterocycles. The predicted molar refractivity (Wildman–Crippen MR) is 70.6 cm³/mol. The Labute approximate surface area is 114 Å². The number of nitrogens with one attached hydrogen (secondary N) is 2. The molecule has 0 aliphatic rings. The van der Waals surface area contributed by atoms with Crippen LogP contribution < -0.4 is 22.3 Å². The highest BCUT2D eigenvalue weighted by molar-refractivity contribution is 6.37. The van der Waals surface area contributed by atoms with Gasteiger partial charge in [0.1, 0.15) is 12.4 Å². The Hall–Kier alpha value is -1.28. The summed E-state index contributed by atoms with van der Waals surface area (Å²) in [5, 5.41) is 3.59. The fourth-order valence-corrected chi connectivity index (χ4v) is 1.59. The molecule has 0 fully saturated rings. The number of hydrogen-bond donors (Lipinski definition) is 4. The Morgan fingerprint density at radius 2 is 2.06 bits per heavy atom. The van der Waals surface area contributed by atoms with Crippen LogP contribution in [0.1, 0.15) is 0 Å². The summed E-state index contributed by atoms with van der Waals surface area (Å²) < 4.78 is 4.96. The minimum atomic E-state index is -0.521. The molecule has 100 valence electrons. The second-order valence-electron chi connectivity index (χ2n) is 3.24. The zero-order valence-corrected chi connectivity index (χ0v) is 10.9. The van der Waals surface area contributed by atoms with E-state index in [0.29, 0.717) is 28.2 Å². The first-order valence-electron chi connectivity index (χ1n) is 4.97. The van der Waals surface area contributed by atoms with Crippen LogP contribution in [0.25, 0.3) is 0 Å². The lowest BCUT2D eigenvalue weighted by atomic mass is 10.4. The van der Waals surface area contributed by atoms with Gasteiger partial charge in [-0.25, -0.2) is 10.8 Å². The van der Waals surface area contributed by atoms with Gasteiger partial charge in [0.05, 0.1) is 16.7 Å². The molecule has 0 aromatic carbocycles.